The normalized spacial score (nSPS) is 24.6. The Balaban J connectivity index is 0.000000660. The predicted octanol–water partition coefficient (Wildman–Crippen LogP) is 7.01. The zero-order chi connectivity index (χ0) is 20.6. The van der Waals surface area contributed by atoms with Crippen LogP contribution in [-0.2, 0) is 16.6 Å². The predicted molar refractivity (Wildman–Crippen MR) is 118 cm³/mol. The molecule has 0 aromatic heterocycles. The van der Waals surface area contributed by atoms with Gasteiger partial charge in [0.15, 0.2) is 0 Å². The average Bonchev–Trinajstić information content (AvgIpc) is 3.28. The molecule has 0 saturated heterocycles. The van der Waals surface area contributed by atoms with Crippen molar-refractivity contribution < 1.29 is 9.90 Å². The van der Waals surface area contributed by atoms with E-state index in [0.717, 1.165) is 38.5 Å². The first-order valence-electron chi connectivity index (χ1n) is 10.9. The standard InChI is InChI=1S/C22H24O2.2C2H6/c23-20(24)15-21-9-11-22(16-21,12-10-21)19-8-4-7-18(14-19)13-17-5-2-1-3-6-17;2*1-2/h1-8,14H,9-13,15-16H2,(H,23,24);2*1-2H3. The van der Waals surface area contributed by atoms with E-state index in [0.29, 0.717) is 6.42 Å². The first-order valence-corrected chi connectivity index (χ1v) is 10.9. The number of carbonyl (C=O) groups is 1. The van der Waals surface area contributed by atoms with Gasteiger partial charge in [0.25, 0.3) is 0 Å². The van der Waals surface area contributed by atoms with Crippen LogP contribution in [0.15, 0.2) is 54.6 Å². The van der Waals surface area contributed by atoms with Crippen molar-refractivity contribution in [3.05, 3.63) is 71.3 Å². The van der Waals surface area contributed by atoms with Crippen LogP contribution in [0.25, 0.3) is 0 Å². The zero-order valence-corrected chi connectivity index (χ0v) is 18.0. The first kappa shape index (κ1) is 22.2. The summed E-state index contributed by atoms with van der Waals surface area (Å²) in [6.07, 6.45) is 6.80. The van der Waals surface area contributed by atoms with Crippen LogP contribution in [0.4, 0.5) is 0 Å². The van der Waals surface area contributed by atoms with E-state index < -0.39 is 5.97 Å². The SMILES string of the molecule is CC.CC.O=C(O)CC12CCC(c3cccc(Cc4ccccc4)c3)(CC1)C2. The van der Waals surface area contributed by atoms with E-state index in [9.17, 15) is 9.90 Å². The smallest absolute Gasteiger partial charge is 0.303 e. The van der Waals surface area contributed by atoms with Gasteiger partial charge in [0.05, 0.1) is 6.42 Å². The number of hydrogen-bond donors (Lipinski definition) is 1. The lowest BCUT2D eigenvalue weighted by Gasteiger charge is -2.28. The fraction of sp³-hybridized carbons (Fsp3) is 0.500. The minimum absolute atomic E-state index is 0.0568. The van der Waals surface area contributed by atoms with Crippen molar-refractivity contribution in [3.63, 3.8) is 0 Å². The van der Waals surface area contributed by atoms with Crippen LogP contribution in [0.3, 0.4) is 0 Å². The summed E-state index contributed by atoms with van der Waals surface area (Å²) in [6.45, 7) is 8.00. The molecule has 2 saturated carbocycles. The molecule has 2 bridgehead atoms. The van der Waals surface area contributed by atoms with E-state index in [1.807, 2.05) is 27.7 Å². The van der Waals surface area contributed by atoms with Gasteiger partial charge >= 0.3 is 5.97 Å². The van der Waals surface area contributed by atoms with Crippen molar-refractivity contribution in [3.8, 4) is 0 Å². The van der Waals surface area contributed by atoms with Crippen LogP contribution in [0, 0.1) is 5.41 Å². The second kappa shape index (κ2) is 9.91. The topological polar surface area (TPSA) is 37.3 Å². The van der Waals surface area contributed by atoms with Gasteiger partial charge < -0.3 is 5.11 Å². The van der Waals surface area contributed by atoms with Crippen molar-refractivity contribution in [2.45, 2.75) is 78.1 Å². The second-order valence-corrected chi connectivity index (χ2v) is 7.89. The monoisotopic (exact) mass is 380 g/mol. The van der Waals surface area contributed by atoms with Gasteiger partial charge in [-0.2, -0.15) is 0 Å². The summed E-state index contributed by atoms with van der Waals surface area (Å²) in [6, 6.07) is 19.6. The molecule has 0 heterocycles. The molecule has 1 N–H and O–H groups in total. The fourth-order valence-corrected chi connectivity index (χ4v) is 5.12. The first-order chi connectivity index (χ1) is 13.6. The van der Waals surface area contributed by atoms with Gasteiger partial charge in [0.1, 0.15) is 0 Å². The number of aliphatic carboxylic acids is 1. The molecular weight excluding hydrogens is 344 g/mol. The van der Waals surface area contributed by atoms with Crippen molar-refractivity contribution in [1.29, 1.82) is 0 Å². The zero-order valence-electron chi connectivity index (χ0n) is 18.0. The lowest BCUT2D eigenvalue weighted by Crippen LogP contribution is -2.19. The summed E-state index contributed by atoms with van der Waals surface area (Å²) in [4.78, 5) is 11.2. The second-order valence-electron chi connectivity index (χ2n) is 7.89. The average molecular weight is 381 g/mol. The number of hydrogen-bond acceptors (Lipinski definition) is 1. The molecule has 2 fully saturated rings. The molecule has 2 aromatic rings. The molecular formula is C26H36O2. The molecule has 0 atom stereocenters. The summed E-state index contributed by atoms with van der Waals surface area (Å²) >= 11 is 0. The van der Waals surface area contributed by atoms with Crippen LogP contribution < -0.4 is 0 Å². The van der Waals surface area contributed by atoms with Gasteiger partial charge in [-0.15, -0.1) is 0 Å². The molecule has 0 amide bonds. The van der Waals surface area contributed by atoms with E-state index in [2.05, 4.69) is 54.6 Å². The highest BCUT2D eigenvalue weighted by molar-refractivity contribution is 5.68. The number of fused-ring (bicyclic) bond motifs is 2. The maximum absolute atomic E-state index is 11.2. The van der Waals surface area contributed by atoms with Crippen LogP contribution in [0.1, 0.15) is 82.9 Å². The van der Waals surface area contributed by atoms with Crippen LogP contribution in [0.2, 0.25) is 0 Å². The van der Waals surface area contributed by atoms with E-state index in [4.69, 9.17) is 0 Å². The maximum atomic E-state index is 11.2. The summed E-state index contributed by atoms with van der Waals surface area (Å²) < 4.78 is 0. The Morgan fingerprint density at radius 1 is 0.857 bits per heavy atom. The molecule has 28 heavy (non-hydrogen) atoms. The largest absolute Gasteiger partial charge is 0.481 e. The highest BCUT2D eigenvalue weighted by Gasteiger charge is 2.55. The minimum atomic E-state index is -0.634. The van der Waals surface area contributed by atoms with Crippen molar-refractivity contribution >= 4 is 5.97 Å². The van der Waals surface area contributed by atoms with Gasteiger partial charge in [-0.3, -0.25) is 4.79 Å². The lowest BCUT2D eigenvalue weighted by molar-refractivity contribution is -0.139. The molecule has 0 aliphatic heterocycles. The summed E-state index contributed by atoms with van der Waals surface area (Å²) in [5.74, 6) is -0.634. The molecule has 2 aliphatic carbocycles. The Hall–Kier alpha value is -2.09. The number of carboxylic acid groups (broad SMARTS) is 1. The molecule has 0 unspecified atom stereocenters. The summed E-state index contributed by atoms with van der Waals surface area (Å²) in [5.41, 5.74) is 4.41. The van der Waals surface area contributed by atoms with Crippen LogP contribution >= 0.6 is 0 Å². The Kier molecular flexibility index (Phi) is 7.86. The van der Waals surface area contributed by atoms with Crippen molar-refractivity contribution in [1.82, 2.24) is 0 Å². The molecule has 152 valence electrons. The Morgan fingerprint density at radius 2 is 1.46 bits per heavy atom. The molecule has 2 nitrogen and oxygen atoms in total. The third-order valence-electron chi connectivity index (χ3n) is 6.30. The minimum Gasteiger partial charge on any atom is -0.481 e. The highest BCUT2D eigenvalue weighted by Crippen LogP contribution is 2.63. The summed E-state index contributed by atoms with van der Waals surface area (Å²) in [7, 11) is 0. The van der Waals surface area contributed by atoms with E-state index in [-0.39, 0.29) is 10.8 Å². The van der Waals surface area contributed by atoms with E-state index in [1.54, 1.807) is 0 Å². The van der Waals surface area contributed by atoms with Gasteiger partial charge in [0, 0.05) is 0 Å². The van der Waals surface area contributed by atoms with Gasteiger partial charge in [-0.05, 0) is 66.0 Å². The molecule has 2 heteroatoms. The fourth-order valence-electron chi connectivity index (χ4n) is 5.12. The van der Waals surface area contributed by atoms with Crippen LogP contribution in [-0.4, -0.2) is 11.1 Å². The van der Waals surface area contributed by atoms with Crippen LogP contribution in [0.5, 0.6) is 0 Å². The number of rotatable bonds is 5. The highest BCUT2D eigenvalue weighted by atomic mass is 16.4. The van der Waals surface area contributed by atoms with E-state index in [1.165, 1.54) is 16.7 Å². The Morgan fingerprint density at radius 3 is 2.07 bits per heavy atom. The quantitative estimate of drug-likeness (QED) is 0.606. The third-order valence-corrected chi connectivity index (χ3v) is 6.30. The number of benzene rings is 2. The molecule has 2 aliphatic rings. The molecule has 4 rings (SSSR count). The van der Waals surface area contributed by atoms with Gasteiger partial charge in [-0.1, -0.05) is 82.3 Å². The molecule has 2 aromatic carbocycles. The lowest BCUT2D eigenvalue weighted by atomic mass is 9.76. The van der Waals surface area contributed by atoms with Crippen molar-refractivity contribution in [2.75, 3.05) is 0 Å². The number of carboxylic acids is 1. The molecule has 0 spiro atoms. The maximum Gasteiger partial charge on any atom is 0.303 e. The van der Waals surface area contributed by atoms with Crippen molar-refractivity contribution in [2.24, 2.45) is 5.41 Å². The van der Waals surface area contributed by atoms with Gasteiger partial charge in [0.2, 0.25) is 0 Å². The Bertz CT molecular complexity index is 740. The summed E-state index contributed by atoms with van der Waals surface area (Å²) in [5, 5.41) is 9.25. The van der Waals surface area contributed by atoms with E-state index >= 15 is 0 Å². The third kappa shape index (κ3) is 4.84. The Labute approximate surface area is 171 Å². The van der Waals surface area contributed by atoms with Gasteiger partial charge in [-0.25, -0.2) is 0 Å². The molecule has 0 radical (unpaired) electrons.